The van der Waals surface area contributed by atoms with E-state index in [0.29, 0.717) is 0 Å². The molecule has 0 aliphatic heterocycles. The van der Waals surface area contributed by atoms with Gasteiger partial charge in [-0.3, -0.25) is 0 Å². The number of alkyl halides is 4. The van der Waals surface area contributed by atoms with Crippen molar-refractivity contribution < 1.29 is 0 Å². The zero-order chi connectivity index (χ0) is 12.9. The van der Waals surface area contributed by atoms with Gasteiger partial charge in [-0.2, -0.15) is 0 Å². The summed E-state index contributed by atoms with van der Waals surface area (Å²) in [5.74, 6) is 1.51. The molecule has 2 atom stereocenters. The first-order chi connectivity index (χ1) is 8.22. The molecule has 0 radical (unpaired) electrons. The van der Waals surface area contributed by atoms with Gasteiger partial charge in [0.15, 0.2) is 0 Å². The lowest BCUT2D eigenvalue weighted by Gasteiger charge is -2.15. The van der Waals surface area contributed by atoms with Crippen LogP contribution in [0.4, 0.5) is 0 Å². The summed E-state index contributed by atoms with van der Waals surface area (Å²) >= 11 is 23.8. The summed E-state index contributed by atoms with van der Waals surface area (Å²) in [4.78, 5) is 0. The Morgan fingerprint density at radius 2 is 0.882 bits per heavy atom. The van der Waals surface area contributed by atoms with Gasteiger partial charge in [-0.05, 0) is 25.7 Å². The van der Waals surface area contributed by atoms with Crippen LogP contribution < -0.4 is 0 Å². The molecule has 0 aliphatic rings. The van der Waals surface area contributed by atoms with Crippen LogP contribution in [-0.2, 0) is 0 Å². The molecule has 0 aromatic heterocycles. The highest BCUT2D eigenvalue weighted by molar-refractivity contribution is 6.29. The first kappa shape index (κ1) is 18.2. The molecule has 4 heteroatoms. The van der Waals surface area contributed by atoms with Crippen LogP contribution in [0.3, 0.4) is 0 Å². The van der Waals surface area contributed by atoms with E-state index >= 15 is 0 Å². The summed E-state index contributed by atoms with van der Waals surface area (Å²) in [7, 11) is 0. The molecule has 2 unspecified atom stereocenters. The van der Waals surface area contributed by atoms with Gasteiger partial charge < -0.3 is 0 Å². The van der Waals surface area contributed by atoms with Gasteiger partial charge in [0.25, 0.3) is 0 Å². The Hall–Kier alpha value is 1.16. The van der Waals surface area contributed by atoms with E-state index < -0.39 is 0 Å². The first-order valence-corrected chi connectivity index (χ1v) is 8.56. The van der Waals surface area contributed by atoms with Crippen molar-refractivity contribution in [1.82, 2.24) is 0 Å². The van der Waals surface area contributed by atoms with E-state index in [0.717, 1.165) is 56.7 Å². The van der Waals surface area contributed by atoms with Gasteiger partial charge in [-0.15, -0.1) is 46.4 Å². The molecule has 0 saturated carbocycles. The molecule has 0 fully saturated rings. The van der Waals surface area contributed by atoms with Gasteiger partial charge in [-0.25, -0.2) is 0 Å². The summed E-state index contributed by atoms with van der Waals surface area (Å²) in [5.41, 5.74) is 0. The molecule has 104 valence electrons. The van der Waals surface area contributed by atoms with Crippen molar-refractivity contribution in [3.63, 3.8) is 0 Å². The summed E-state index contributed by atoms with van der Waals surface area (Å²) in [6.07, 6.45) is 10.1. The first-order valence-electron chi connectivity index (χ1n) is 6.62. The second-order valence-electron chi connectivity index (χ2n) is 4.46. The Kier molecular flexibility index (Phi) is 14.5. The van der Waals surface area contributed by atoms with Crippen molar-refractivity contribution in [1.29, 1.82) is 0 Å². The van der Waals surface area contributed by atoms with E-state index in [1.165, 1.54) is 12.8 Å². The van der Waals surface area contributed by atoms with Crippen LogP contribution in [0.2, 0.25) is 0 Å². The topological polar surface area (TPSA) is 0 Å². The number of rotatable bonds is 12. The van der Waals surface area contributed by atoms with Crippen LogP contribution in [0.1, 0.15) is 57.8 Å². The maximum absolute atomic E-state index is 6.27. The maximum Gasteiger partial charge on any atom is 0.0499 e. The van der Waals surface area contributed by atoms with Gasteiger partial charge in [0.2, 0.25) is 0 Å². The van der Waals surface area contributed by atoms with Crippen molar-refractivity contribution >= 4 is 46.4 Å². The minimum absolute atomic E-state index is 0.111. The second kappa shape index (κ2) is 13.6. The fraction of sp³-hybridized carbons (Fsp3) is 1.00. The lowest BCUT2D eigenvalue weighted by Crippen LogP contribution is -2.14. The highest BCUT2D eigenvalue weighted by Crippen LogP contribution is 2.22. The zero-order valence-corrected chi connectivity index (χ0v) is 13.5. The van der Waals surface area contributed by atoms with Gasteiger partial charge in [0.05, 0.1) is 0 Å². The lowest BCUT2D eigenvalue weighted by molar-refractivity contribution is 0.566. The third-order valence-electron chi connectivity index (χ3n) is 2.87. The molecular formula is C13H24Cl4. The van der Waals surface area contributed by atoms with Gasteiger partial charge in [0, 0.05) is 22.5 Å². The highest BCUT2D eigenvalue weighted by atomic mass is 35.5. The van der Waals surface area contributed by atoms with Crippen LogP contribution in [0.15, 0.2) is 0 Å². The lowest BCUT2D eigenvalue weighted by atomic mass is 10.1. The maximum atomic E-state index is 6.27. The summed E-state index contributed by atoms with van der Waals surface area (Å²) in [6, 6.07) is 0. The molecule has 0 saturated heterocycles. The normalized spacial score (nSPS) is 14.8. The second-order valence-corrected chi connectivity index (χ2v) is 6.34. The number of halogens is 4. The van der Waals surface area contributed by atoms with Gasteiger partial charge >= 0.3 is 0 Å². The molecular weight excluding hydrogens is 298 g/mol. The molecule has 0 aliphatic carbocycles. The average Bonchev–Trinajstić information content (AvgIpc) is 2.34. The summed E-state index contributed by atoms with van der Waals surface area (Å²) < 4.78 is 0. The average molecular weight is 322 g/mol. The Balaban J connectivity index is 3.36. The van der Waals surface area contributed by atoms with E-state index in [2.05, 4.69) is 0 Å². The van der Waals surface area contributed by atoms with E-state index in [9.17, 15) is 0 Å². The molecule has 0 aromatic carbocycles. The van der Waals surface area contributed by atoms with Gasteiger partial charge in [-0.1, -0.05) is 32.1 Å². The monoisotopic (exact) mass is 320 g/mol. The van der Waals surface area contributed by atoms with Crippen LogP contribution >= 0.6 is 46.4 Å². The van der Waals surface area contributed by atoms with Crippen LogP contribution in [0.5, 0.6) is 0 Å². The van der Waals surface area contributed by atoms with Crippen LogP contribution in [0.25, 0.3) is 0 Å². The van der Waals surface area contributed by atoms with Gasteiger partial charge in [0.1, 0.15) is 0 Å². The molecule has 0 nitrogen and oxygen atoms in total. The largest absolute Gasteiger partial charge is 0.127 e. The molecule has 0 N–H and O–H groups in total. The van der Waals surface area contributed by atoms with E-state index in [4.69, 9.17) is 46.4 Å². The third-order valence-corrected chi connectivity index (χ3v) is 4.58. The Labute approximate surface area is 126 Å². The fourth-order valence-electron chi connectivity index (χ4n) is 1.76. The molecule has 0 bridgehead atoms. The Morgan fingerprint density at radius 1 is 0.529 bits per heavy atom. The zero-order valence-electron chi connectivity index (χ0n) is 10.4. The molecule has 0 heterocycles. The minimum Gasteiger partial charge on any atom is -0.127 e. The predicted octanol–water partition coefficient (Wildman–Crippen LogP) is 6.19. The Bertz CT molecular complexity index is 152. The highest BCUT2D eigenvalue weighted by Gasteiger charge is 2.15. The smallest absolute Gasteiger partial charge is 0.0499 e. The van der Waals surface area contributed by atoms with E-state index in [-0.39, 0.29) is 10.8 Å². The predicted molar refractivity (Wildman–Crippen MR) is 82.3 cm³/mol. The number of hydrogen-bond acceptors (Lipinski definition) is 0. The van der Waals surface area contributed by atoms with Crippen molar-refractivity contribution in [2.24, 2.45) is 0 Å². The van der Waals surface area contributed by atoms with Crippen molar-refractivity contribution in [2.45, 2.75) is 68.5 Å². The fourth-order valence-corrected chi connectivity index (χ4v) is 2.70. The molecule has 0 rings (SSSR count). The van der Waals surface area contributed by atoms with Crippen LogP contribution in [-0.4, -0.2) is 22.5 Å². The molecule has 0 spiro atoms. The molecule has 0 amide bonds. The SMILES string of the molecule is ClCCCCCCC(Cl)C(Cl)CCCCCCl. The summed E-state index contributed by atoms with van der Waals surface area (Å²) in [6.45, 7) is 0. The third kappa shape index (κ3) is 12.0. The minimum atomic E-state index is 0.111. The number of unbranched alkanes of at least 4 members (excludes halogenated alkanes) is 5. The van der Waals surface area contributed by atoms with Crippen molar-refractivity contribution in [3.05, 3.63) is 0 Å². The van der Waals surface area contributed by atoms with Crippen molar-refractivity contribution in [3.8, 4) is 0 Å². The number of hydrogen-bond donors (Lipinski definition) is 0. The van der Waals surface area contributed by atoms with E-state index in [1.807, 2.05) is 0 Å². The van der Waals surface area contributed by atoms with Crippen LogP contribution in [0, 0.1) is 0 Å². The van der Waals surface area contributed by atoms with Crippen molar-refractivity contribution in [2.75, 3.05) is 11.8 Å². The Morgan fingerprint density at radius 3 is 1.29 bits per heavy atom. The van der Waals surface area contributed by atoms with E-state index in [1.54, 1.807) is 0 Å². The molecule has 17 heavy (non-hydrogen) atoms. The standard InChI is InChI=1S/C13H24Cl4/c14-10-6-2-1-4-8-12(16)13(17)9-5-3-7-11-15/h12-13H,1-11H2. The summed E-state index contributed by atoms with van der Waals surface area (Å²) in [5, 5.41) is 0.226. The molecule has 0 aromatic rings. The quantitative estimate of drug-likeness (QED) is 0.297.